The van der Waals surface area contributed by atoms with E-state index in [-0.39, 0.29) is 5.82 Å². The van der Waals surface area contributed by atoms with Gasteiger partial charge in [0.1, 0.15) is 11.6 Å². The maximum Gasteiger partial charge on any atom is 0.146 e. The van der Waals surface area contributed by atoms with Gasteiger partial charge < -0.3 is 10.1 Å². The summed E-state index contributed by atoms with van der Waals surface area (Å²) in [5, 5.41) is 7.05. The lowest BCUT2D eigenvalue weighted by Gasteiger charge is -2.08. The van der Waals surface area contributed by atoms with Crippen LogP contribution in [0.1, 0.15) is 5.56 Å². The molecule has 1 N–H and O–H groups in total. The van der Waals surface area contributed by atoms with Gasteiger partial charge in [0.05, 0.1) is 19.0 Å². The Morgan fingerprint density at radius 2 is 2.29 bits per heavy atom. The molecule has 0 saturated carbocycles. The van der Waals surface area contributed by atoms with Gasteiger partial charge in [-0.25, -0.2) is 4.39 Å². The molecule has 0 spiro atoms. The first kappa shape index (κ1) is 11.4. The summed E-state index contributed by atoms with van der Waals surface area (Å²) < 4.78 is 20.2. The fourth-order valence-electron chi connectivity index (χ4n) is 1.53. The first-order valence-corrected chi connectivity index (χ1v) is 5.24. The molecule has 1 heterocycles. The van der Waals surface area contributed by atoms with E-state index < -0.39 is 0 Å². The molecule has 0 aliphatic heterocycles. The van der Waals surface area contributed by atoms with Crippen LogP contribution in [-0.2, 0) is 13.6 Å². The van der Waals surface area contributed by atoms with Crippen molar-refractivity contribution in [2.24, 2.45) is 7.05 Å². The fourth-order valence-corrected chi connectivity index (χ4v) is 1.53. The lowest BCUT2D eigenvalue weighted by molar-refractivity contribution is 0.414. The Morgan fingerprint density at radius 3 is 2.94 bits per heavy atom. The van der Waals surface area contributed by atoms with E-state index in [1.165, 1.54) is 6.07 Å². The van der Waals surface area contributed by atoms with Crippen molar-refractivity contribution in [1.82, 2.24) is 9.78 Å². The zero-order valence-electron chi connectivity index (χ0n) is 9.77. The number of benzene rings is 1. The molecule has 90 valence electrons. The Kier molecular flexibility index (Phi) is 3.27. The maximum atomic E-state index is 13.5. The van der Waals surface area contributed by atoms with E-state index in [4.69, 9.17) is 4.74 Å². The van der Waals surface area contributed by atoms with Crippen LogP contribution in [0.15, 0.2) is 30.6 Å². The molecule has 0 fully saturated rings. The molecule has 2 rings (SSSR count). The van der Waals surface area contributed by atoms with Crippen molar-refractivity contribution in [2.45, 2.75) is 6.54 Å². The Labute approximate surface area is 99.0 Å². The lowest BCUT2D eigenvalue weighted by atomic mass is 10.2. The average Bonchev–Trinajstić information content (AvgIpc) is 2.74. The van der Waals surface area contributed by atoms with Gasteiger partial charge in [-0.15, -0.1) is 0 Å². The van der Waals surface area contributed by atoms with E-state index in [1.807, 2.05) is 13.2 Å². The SMILES string of the molecule is COc1ccc(F)c(NCc2cnn(C)c2)c1. The molecule has 17 heavy (non-hydrogen) atoms. The van der Waals surface area contributed by atoms with E-state index in [0.29, 0.717) is 18.0 Å². The summed E-state index contributed by atoms with van der Waals surface area (Å²) in [4.78, 5) is 0. The number of hydrogen-bond donors (Lipinski definition) is 1. The van der Waals surface area contributed by atoms with Crippen molar-refractivity contribution in [3.8, 4) is 5.75 Å². The number of nitrogens with one attached hydrogen (secondary N) is 1. The summed E-state index contributed by atoms with van der Waals surface area (Å²) in [6, 6.07) is 4.60. The van der Waals surface area contributed by atoms with Crippen LogP contribution in [0.5, 0.6) is 5.75 Å². The average molecular weight is 235 g/mol. The van der Waals surface area contributed by atoms with Gasteiger partial charge in [0.15, 0.2) is 0 Å². The van der Waals surface area contributed by atoms with Crippen LogP contribution in [0, 0.1) is 5.82 Å². The smallest absolute Gasteiger partial charge is 0.146 e. The highest BCUT2D eigenvalue weighted by Gasteiger charge is 2.04. The molecule has 1 aromatic carbocycles. The molecule has 0 unspecified atom stereocenters. The van der Waals surface area contributed by atoms with E-state index in [2.05, 4.69) is 10.4 Å². The Balaban J connectivity index is 2.07. The number of rotatable bonds is 4. The van der Waals surface area contributed by atoms with E-state index in [1.54, 1.807) is 30.1 Å². The van der Waals surface area contributed by atoms with Crippen molar-refractivity contribution in [2.75, 3.05) is 12.4 Å². The Morgan fingerprint density at radius 1 is 1.47 bits per heavy atom. The number of aromatic nitrogens is 2. The van der Waals surface area contributed by atoms with Crippen LogP contribution in [-0.4, -0.2) is 16.9 Å². The normalized spacial score (nSPS) is 10.3. The molecule has 0 amide bonds. The number of ether oxygens (including phenoxy) is 1. The molecule has 0 aliphatic rings. The summed E-state index contributed by atoms with van der Waals surface area (Å²) in [5.41, 5.74) is 1.42. The van der Waals surface area contributed by atoms with Crippen LogP contribution in [0.3, 0.4) is 0 Å². The minimum Gasteiger partial charge on any atom is -0.497 e. The summed E-state index contributed by atoms with van der Waals surface area (Å²) in [6.45, 7) is 0.526. The first-order valence-electron chi connectivity index (χ1n) is 5.24. The Hall–Kier alpha value is -2.04. The number of nitrogens with zero attached hydrogens (tertiary/aromatic N) is 2. The third kappa shape index (κ3) is 2.75. The molecule has 0 aliphatic carbocycles. The molecule has 0 radical (unpaired) electrons. The number of halogens is 1. The number of hydrogen-bond acceptors (Lipinski definition) is 3. The first-order chi connectivity index (χ1) is 8.19. The quantitative estimate of drug-likeness (QED) is 0.882. The van der Waals surface area contributed by atoms with Crippen molar-refractivity contribution in [1.29, 1.82) is 0 Å². The highest BCUT2D eigenvalue weighted by atomic mass is 19.1. The summed E-state index contributed by atoms with van der Waals surface area (Å²) in [7, 11) is 3.40. The zero-order valence-corrected chi connectivity index (χ0v) is 9.77. The van der Waals surface area contributed by atoms with Gasteiger partial charge in [-0.3, -0.25) is 4.68 Å². The number of methoxy groups -OCH3 is 1. The van der Waals surface area contributed by atoms with Crippen LogP contribution in [0.2, 0.25) is 0 Å². The molecule has 0 saturated heterocycles. The van der Waals surface area contributed by atoms with Gasteiger partial charge in [0, 0.05) is 31.4 Å². The highest BCUT2D eigenvalue weighted by Crippen LogP contribution is 2.21. The van der Waals surface area contributed by atoms with Crippen LogP contribution in [0.4, 0.5) is 10.1 Å². The summed E-state index contributed by atoms with van der Waals surface area (Å²) in [6.07, 6.45) is 3.62. The summed E-state index contributed by atoms with van der Waals surface area (Å²) in [5.74, 6) is 0.328. The second-order valence-electron chi connectivity index (χ2n) is 3.72. The molecule has 2 aromatic rings. The lowest BCUT2D eigenvalue weighted by Crippen LogP contribution is -2.01. The van der Waals surface area contributed by atoms with Crippen molar-refractivity contribution >= 4 is 5.69 Å². The third-order valence-corrected chi connectivity index (χ3v) is 2.41. The van der Waals surface area contributed by atoms with Gasteiger partial charge in [-0.2, -0.15) is 5.10 Å². The number of anilines is 1. The van der Waals surface area contributed by atoms with Gasteiger partial charge in [0.2, 0.25) is 0 Å². The molecule has 1 aromatic heterocycles. The van der Waals surface area contributed by atoms with Crippen molar-refractivity contribution in [3.05, 3.63) is 42.0 Å². The van der Waals surface area contributed by atoms with Crippen LogP contribution < -0.4 is 10.1 Å². The fraction of sp³-hybridized carbons (Fsp3) is 0.250. The topological polar surface area (TPSA) is 39.1 Å². The minimum atomic E-state index is -0.297. The van der Waals surface area contributed by atoms with E-state index in [0.717, 1.165) is 5.56 Å². The van der Waals surface area contributed by atoms with E-state index >= 15 is 0 Å². The third-order valence-electron chi connectivity index (χ3n) is 2.41. The van der Waals surface area contributed by atoms with Crippen LogP contribution >= 0.6 is 0 Å². The summed E-state index contributed by atoms with van der Waals surface area (Å²) >= 11 is 0. The number of aryl methyl sites for hydroxylation is 1. The zero-order chi connectivity index (χ0) is 12.3. The minimum absolute atomic E-state index is 0.297. The van der Waals surface area contributed by atoms with Gasteiger partial charge >= 0.3 is 0 Å². The standard InChI is InChI=1S/C12H14FN3O/c1-16-8-9(7-15-16)6-14-12-5-10(17-2)3-4-11(12)13/h3-5,7-8,14H,6H2,1-2H3. The molecule has 5 heteroatoms. The largest absolute Gasteiger partial charge is 0.497 e. The molecular weight excluding hydrogens is 221 g/mol. The van der Waals surface area contributed by atoms with Crippen molar-refractivity contribution < 1.29 is 9.13 Å². The van der Waals surface area contributed by atoms with Crippen molar-refractivity contribution in [3.63, 3.8) is 0 Å². The monoisotopic (exact) mass is 235 g/mol. The van der Waals surface area contributed by atoms with Gasteiger partial charge in [-0.05, 0) is 12.1 Å². The second kappa shape index (κ2) is 4.86. The van der Waals surface area contributed by atoms with Gasteiger partial charge in [-0.1, -0.05) is 0 Å². The predicted octanol–water partition coefficient (Wildman–Crippen LogP) is 2.18. The maximum absolute atomic E-state index is 13.5. The van der Waals surface area contributed by atoms with E-state index in [9.17, 15) is 4.39 Å². The van der Waals surface area contributed by atoms with Crippen LogP contribution in [0.25, 0.3) is 0 Å². The second-order valence-corrected chi connectivity index (χ2v) is 3.72. The Bertz CT molecular complexity index is 510. The molecule has 0 atom stereocenters. The van der Waals surface area contributed by atoms with Gasteiger partial charge in [0.25, 0.3) is 0 Å². The molecule has 0 bridgehead atoms. The predicted molar refractivity (Wildman–Crippen MR) is 63.5 cm³/mol. The highest BCUT2D eigenvalue weighted by molar-refractivity contribution is 5.49. The molecular formula is C12H14FN3O. The molecule has 4 nitrogen and oxygen atoms in total.